The minimum absolute atomic E-state index is 0.563. The molecule has 2 heterocycles. The van der Waals surface area contributed by atoms with Crippen LogP contribution in [-0.4, -0.2) is 22.7 Å². The number of hydrogen-bond donors (Lipinski definition) is 3. The molecule has 0 aromatic carbocycles. The van der Waals surface area contributed by atoms with E-state index in [1.807, 2.05) is 25.1 Å². The average Bonchev–Trinajstić information content (AvgIpc) is 3.05. The van der Waals surface area contributed by atoms with Gasteiger partial charge in [0.1, 0.15) is 5.76 Å². The van der Waals surface area contributed by atoms with Gasteiger partial charge in [0, 0.05) is 12.7 Å². The van der Waals surface area contributed by atoms with E-state index in [0.717, 1.165) is 24.0 Å². The highest BCUT2D eigenvalue weighted by Gasteiger charge is 2.00. The van der Waals surface area contributed by atoms with Gasteiger partial charge in [-0.2, -0.15) is 5.10 Å². The Labute approximate surface area is 105 Å². The molecule has 0 aliphatic rings. The molecule has 0 amide bonds. The second-order valence-electron chi connectivity index (χ2n) is 3.71. The highest BCUT2D eigenvalue weighted by atomic mass is 16.3. The SMILES string of the molecule is CCNC(=NCc1ccn[nH]1)NCc1ccco1. The average molecular weight is 247 g/mol. The number of hydrogen-bond acceptors (Lipinski definition) is 3. The molecular weight excluding hydrogens is 230 g/mol. The third kappa shape index (κ3) is 3.65. The molecule has 96 valence electrons. The highest BCUT2D eigenvalue weighted by molar-refractivity contribution is 5.79. The van der Waals surface area contributed by atoms with Crippen molar-refractivity contribution in [3.05, 3.63) is 42.1 Å². The van der Waals surface area contributed by atoms with Crippen LogP contribution in [0.3, 0.4) is 0 Å². The van der Waals surface area contributed by atoms with Gasteiger partial charge in [-0.15, -0.1) is 0 Å². The van der Waals surface area contributed by atoms with Crippen LogP contribution >= 0.6 is 0 Å². The number of H-pyrrole nitrogens is 1. The number of furan rings is 1. The van der Waals surface area contributed by atoms with Crippen molar-refractivity contribution in [3.8, 4) is 0 Å². The first-order chi connectivity index (χ1) is 8.88. The third-order valence-electron chi connectivity index (χ3n) is 2.32. The lowest BCUT2D eigenvalue weighted by Crippen LogP contribution is -2.36. The van der Waals surface area contributed by atoms with Crippen LogP contribution in [0, 0.1) is 0 Å². The largest absolute Gasteiger partial charge is 0.467 e. The second kappa shape index (κ2) is 6.48. The van der Waals surface area contributed by atoms with E-state index in [1.54, 1.807) is 12.5 Å². The van der Waals surface area contributed by atoms with Crippen LogP contribution in [0.5, 0.6) is 0 Å². The number of nitrogens with zero attached hydrogens (tertiary/aromatic N) is 2. The minimum Gasteiger partial charge on any atom is -0.467 e. The minimum atomic E-state index is 0.563. The van der Waals surface area contributed by atoms with Crippen LogP contribution in [0.2, 0.25) is 0 Å². The molecule has 6 nitrogen and oxygen atoms in total. The molecule has 6 heteroatoms. The quantitative estimate of drug-likeness (QED) is 0.549. The van der Waals surface area contributed by atoms with E-state index in [0.29, 0.717) is 13.1 Å². The number of rotatable bonds is 5. The lowest BCUT2D eigenvalue weighted by Gasteiger charge is -2.09. The normalized spacial score (nSPS) is 11.5. The zero-order chi connectivity index (χ0) is 12.6. The Balaban J connectivity index is 1.88. The summed E-state index contributed by atoms with van der Waals surface area (Å²) >= 11 is 0. The number of aromatic nitrogens is 2. The monoisotopic (exact) mass is 247 g/mol. The maximum absolute atomic E-state index is 5.25. The predicted octanol–water partition coefficient (Wildman–Crippen LogP) is 1.26. The van der Waals surface area contributed by atoms with Crippen molar-refractivity contribution >= 4 is 5.96 Å². The molecule has 0 unspecified atom stereocenters. The molecule has 0 bridgehead atoms. The van der Waals surface area contributed by atoms with E-state index < -0.39 is 0 Å². The van der Waals surface area contributed by atoms with Crippen molar-refractivity contribution in [3.63, 3.8) is 0 Å². The lowest BCUT2D eigenvalue weighted by molar-refractivity contribution is 0.501. The first-order valence-electron chi connectivity index (χ1n) is 5.91. The first kappa shape index (κ1) is 12.2. The molecule has 0 atom stereocenters. The van der Waals surface area contributed by atoms with Crippen molar-refractivity contribution in [2.45, 2.75) is 20.0 Å². The van der Waals surface area contributed by atoms with Crippen LogP contribution in [0.25, 0.3) is 0 Å². The van der Waals surface area contributed by atoms with Gasteiger partial charge in [0.05, 0.1) is 25.0 Å². The molecule has 0 radical (unpaired) electrons. The summed E-state index contributed by atoms with van der Waals surface area (Å²) in [5.74, 6) is 1.63. The van der Waals surface area contributed by atoms with Gasteiger partial charge in [0.2, 0.25) is 0 Å². The molecule has 0 saturated heterocycles. The molecule has 0 fully saturated rings. The highest BCUT2D eigenvalue weighted by Crippen LogP contribution is 1.99. The van der Waals surface area contributed by atoms with E-state index in [-0.39, 0.29) is 0 Å². The summed E-state index contributed by atoms with van der Waals surface area (Å²) in [4.78, 5) is 4.44. The van der Waals surface area contributed by atoms with Crippen LogP contribution in [-0.2, 0) is 13.1 Å². The van der Waals surface area contributed by atoms with E-state index >= 15 is 0 Å². The molecule has 0 aliphatic carbocycles. The van der Waals surface area contributed by atoms with E-state index in [2.05, 4.69) is 25.8 Å². The molecule has 2 aromatic heterocycles. The van der Waals surface area contributed by atoms with Gasteiger partial charge in [0.25, 0.3) is 0 Å². The number of nitrogens with one attached hydrogen (secondary N) is 3. The Morgan fingerprint density at radius 1 is 1.44 bits per heavy atom. The zero-order valence-electron chi connectivity index (χ0n) is 10.3. The first-order valence-corrected chi connectivity index (χ1v) is 5.91. The van der Waals surface area contributed by atoms with Crippen molar-refractivity contribution in [2.24, 2.45) is 4.99 Å². The Hall–Kier alpha value is -2.24. The summed E-state index contributed by atoms with van der Waals surface area (Å²) in [5, 5.41) is 13.1. The van der Waals surface area contributed by atoms with Crippen LogP contribution in [0.15, 0.2) is 40.1 Å². The summed E-state index contributed by atoms with van der Waals surface area (Å²) in [6, 6.07) is 5.69. The Morgan fingerprint density at radius 3 is 3.06 bits per heavy atom. The second-order valence-corrected chi connectivity index (χ2v) is 3.71. The molecule has 18 heavy (non-hydrogen) atoms. The topological polar surface area (TPSA) is 78.2 Å². The molecule has 2 aromatic rings. The summed E-state index contributed by atoms with van der Waals surface area (Å²) in [7, 11) is 0. The van der Waals surface area contributed by atoms with Gasteiger partial charge in [-0.3, -0.25) is 5.10 Å². The maximum Gasteiger partial charge on any atom is 0.192 e. The van der Waals surface area contributed by atoms with Gasteiger partial charge in [-0.1, -0.05) is 0 Å². The summed E-state index contributed by atoms with van der Waals surface area (Å²) in [6.45, 7) is 4.02. The van der Waals surface area contributed by atoms with Crippen molar-refractivity contribution in [1.29, 1.82) is 0 Å². The van der Waals surface area contributed by atoms with Crippen molar-refractivity contribution in [2.75, 3.05) is 6.54 Å². The fourth-order valence-electron chi connectivity index (χ4n) is 1.46. The van der Waals surface area contributed by atoms with Crippen molar-refractivity contribution < 1.29 is 4.42 Å². The molecule has 0 spiro atoms. The Bertz CT molecular complexity index is 461. The standard InChI is InChI=1S/C12H17N5O/c1-2-13-12(14-8-10-5-6-16-17-10)15-9-11-4-3-7-18-11/h3-7H,2,8-9H2,1H3,(H,16,17)(H2,13,14,15). The molecule has 3 N–H and O–H groups in total. The number of aromatic amines is 1. The van der Waals surface area contributed by atoms with Gasteiger partial charge < -0.3 is 15.1 Å². The van der Waals surface area contributed by atoms with E-state index in [9.17, 15) is 0 Å². The molecule has 0 saturated carbocycles. The number of guanidine groups is 1. The fourth-order valence-corrected chi connectivity index (χ4v) is 1.46. The lowest BCUT2D eigenvalue weighted by atomic mass is 10.4. The van der Waals surface area contributed by atoms with Gasteiger partial charge in [-0.25, -0.2) is 4.99 Å². The molecule has 0 aliphatic heterocycles. The van der Waals surface area contributed by atoms with Crippen LogP contribution < -0.4 is 10.6 Å². The van der Waals surface area contributed by atoms with Crippen LogP contribution in [0.4, 0.5) is 0 Å². The van der Waals surface area contributed by atoms with Gasteiger partial charge in [-0.05, 0) is 25.1 Å². The Kier molecular flexibility index (Phi) is 4.40. The van der Waals surface area contributed by atoms with E-state index in [1.165, 1.54) is 0 Å². The molecule has 2 rings (SSSR count). The smallest absolute Gasteiger partial charge is 0.192 e. The van der Waals surface area contributed by atoms with Gasteiger partial charge in [0.15, 0.2) is 5.96 Å². The third-order valence-corrected chi connectivity index (χ3v) is 2.32. The maximum atomic E-state index is 5.25. The molecular formula is C12H17N5O. The summed E-state index contributed by atoms with van der Waals surface area (Å²) in [6.07, 6.45) is 3.37. The summed E-state index contributed by atoms with van der Waals surface area (Å²) < 4.78 is 5.25. The van der Waals surface area contributed by atoms with Crippen molar-refractivity contribution in [1.82, 2.24) is 20.8 Å². The zero-order valence-corrected chi connectivity index (χ0v) is 10.3. The Morgan fingerprint density at radius 2 is 2.39 bits per heavy atom. The predicted molar refractivity (Wildman–Crippen MR) is 69.0 cm³/mol. The van der Waals surface area contributed by atoms with E-state index in [4.69, 9.17) is 4.42 Å². The van der Waals surface area contributed by atoms with Crippen LogP contribution in [0.1, 0.15) is 18.4 Å². The fraction of sp³-hybridized carbons (Fsp3) is 0.333. The summed E-state index contributed by atoms with van der Waals surface area (Å²) in [5.41, 5.74) is 0.977. The number of aliphatic imine (C=N–C) groups is 1. The van der Waals surface area contributed by atoms with Gasteiger partial charge >= 0.3 is 0 Å².